The summed E-state index contributed by atoms with van der Waals surface area (Å²) < 4.78 is 10.0. The minimum Gasteiger partial charge on any atom is -0.599 e. The van der Waals surface area contributed by atoms with Crippen LogP contribution >= 0.6 is 0 Å². The molecule has 0 aromatic heterocycles. The molecule has 0 saturated heterocycles. The Balaban J connectivity index is 2.31. The normalized spacial score (nSPS) is 20.6. The lowest BCUT2D eigenvalue weighted by Gasteiger charge is -2.41. The van der Waals surface area contributed by atoms with Crippen molar-refractivity contribution in [2.24, 2.45) is 5.10 Å². The van der Waals surface area contributed by atoms with Gasteiger partial charge in [0.1, 0.15) is 13.1 Å². The summed E-state index contributed by atoms with van der Waals surface area (Å²) in [7, 11) is 1.86. The molecule has 23 heavy (non-hydrogen) atoms. The minimum absolute atomic E-state index is 0.147. The Hall–Kier alpha value is -2.28. The number of amides is 1. The van der Waals surface area contributed by atoms with E-state index in [9.17, 15) is 9.90 Å². The number of fused-ring (bicyclic) bond motifs is 1. The second kappa shape index (κ2) is 7.32. The smallest absolute Gasteiger partial charge is 0.477 e. The predicted molar refractivity (Wildman–Crippen MR) is 82.8 cm³/mol. The molecule has 1 aromatic rings. The van der Waals surface area contributed by atoms with Gasteiger partial charge in [-0.15, -0.1) is 5.10 Å². The number of likely N-dealkylation sites (N-methyl/N-ethyl adjacent to an activating group) is 1. The quantitative estimate of drug-likeness (QED) is 0.362. The first-order valence-corrected chi connectivity index (χ1v) is 7.77. The van der Waals surface area contributed by atoms with Gasteiger partial charge in [0.2, 0.25) is 0 Å². The van der Waals surface area contributed by atoms with Crippen LogP contribution in [0.1, 0.15) is 25.0 Å². The number of benzene rings is 1. The molecule has 1 amide bonds. The first-order valence-electron chi connectivity index (χ1n) is 7.77. The summed E-state index contributed by atoms with van der Waals surface area (Å²) in [6.07, 6.45) is -0.651. The lowest BCUT2D eigenvalue weighted by Crippen LogP contribution is -2.60. The second-order valence-corrected chi connectivity index (χ2v) is 5.53. The number of carbonyl (C=O) groups is 1. The van der Waals surface area contributed by atoms with E-state index in [0.717, 1.165) is 17.1 Å². The summed E-state index contributed by atoms with van der Waals surface area (Å²) in [5, 5.41) is 16.7. The van der Waals surface area contributed by atoms with Gasteiger partial charge < -0.3 is 14.6 Å². The van der Waals surface area contributed by atoms with Crippen molar-refractivity contribution in [1.82, 2.24) is 5.12 Å². The third kappa shape index (κ3) is 3.92. The summed E-state index contributed by atoms with van der Waals surface area (Å²) in [5.41, 5.74) is 2.39. The summed E-state index contributed by atoms with van der Waals surface area (Å²) in [4.78, 5) is 12.3. The van der Waals surface area contributed by atoms with E-state index in [0.29, 0.717) is 13.1 Å². The maximum atomic E-state index is 12.3. The molecule has 1 heterocycles. The van der Waals surface area contributed by atoms with Crippen molar-refractivity contribution in [2.45, 2.75) is 26.8 Å². The minimum atomic E-state index is -0.793. The van der Waals surface area contributed by atoms with Crippen LogP contribution in [-0.2, 0) is 22.4 Å². The highest BCUT2D eigenvalue weighted by atomic mass is 16.6. The Morgan fingerprint density at radius 1 is 1.26 bits per heavy atom. The Labute approximate surface area is 136 Å². The first kappa shape index (κ1) is 17.1. The maximum Gasteiger partial charge on any atom is 0.477 e. The molecule has 0 N–H and O–H groups in total. The molecule has 0 spiro atoms. The molecule has 0 saturated carbocycles. The zero-order valence-corrected chi connectivity index (χ0v) is 13.8. The number of nitrogens with zero attached hydrogens (tertiary/aromatic N) is 3. The molecule has 2 rings (SSSR count). The van der Waals surface area contributed by atoms with Gasteiger partial charge in [-0.3, -0.25) is 0 Å². The van der Waals surface area contributed by atoms with Crippen LogP contribution in [0.25, 0.3) is 0 Å². The topological polar surface area (TPSA) is 74.2 Å². The molecule has 126 valence electrons. The number of hydrogen-bond donors (Lipinski definition) is 0. The Morgan fingerprint density at radius 2 is 1.91 bits per heavy atom. The molecule has 0 bridgehead atoms. The molecule has 1 aliphatic rings. The molecule has 0 fully saturated rings. The van der Waals surface area contributed by atoms with Crippen LogP contribution in [0.15, 0.2) is 29.4 Å². The molecular formula is C16H23N3O4. The summed E-state index contributed by atoms with van der Waals surface area (Å²) in [6.45, 7) is 5.01. The zero-order chi connectivity index (χ0) is 16.9. The van der Waals surface area contributed by atoms with Gasteiger partial charge in [0, 0.05) is 12.0 Å². The molecular weight excluding hydrogens is 298 g/mol. The SMILES string of the molecule is CCOC(=O)N(/N=C(\[O-])OCC)[N+]1(C)CCc2ccccc2C1. The number of rotatable bonds is 4. The van der Waals surface area contributed by atoms with Crippen LogP contribution in [0.2, 0.25) is 0 Å². The van der Waals surface area contributed by atoms with Gasteiger partial charge in [-0.05, 0) is 24.2 Å². The molecule has 1 atom stereocenters. The van der Waals surface area contributed by atoms with Crippen LogP contribution in [0.3, 0.4) is 0 Å². The lowest BCUT2D eigenvalue weighted by atomic mass is 10.00. The molecule has 1 aromatic carbocycles. The number of quaternary nitrogens is 1. The fourth-order valence-corrected chi connectivity index (χ4v) is 2.68. The molecule has 7 nitrogen and oxygen atoms in total. The van der Waals surface area contributed by atoms with Crippen molar-refractivity contribution in [1.29, 1.82) is 0 Å². The molecule has 1 aliphatic heterocycles. The van der Waals surface area contributed by atoms with E-state index in [-0.39, 0.29) is 17.8 Å². The van der Waals surface area contributed by atoms with Crippen LogP contribution in [0.4, 0.5) is 4.79 Å². The fourth-order valence-electron chi connectivity index (χ4n) is 2.68. The molecule has 1 unspecified atom stereocenters. The van der Waals surface area contributed by atoms with Gasteiger partial charge in [-0.25, -0.2) is 4.79 Å². The van der Waals surface area contributed by atoms with Crippen molar-refractivity contribution in [2.75, 3.05) is 26.8 Å². The zero-order valence-electron chi connectivity index (χ0n) is 13.8. The van der Waals surface area contributed by atoms with Gasteiger partial charge in [0.05, 0.1) is 13.7 Å². The van der Waals surface area contributed by atoms with Crippen molar-refractivity contribution in [3.63, 3.8) is 0 Å². The number of hydrogen-bond acceptors (Lipinski definition) is 5. The maximum absolute atomic E-state index is 12.3. The van der Waals surface area contributed by atoms with Crippen molar-refractivity contribution in [3.8, 4) is 0 Å². The Kier molecular flexibility index (Phi) is 5.44. The summed E-state index contributed by atoms with van der Waals surface area (Å²) >= 11 is 0. The Bertz CT molecular complexity index is 590. The molecule has 7 heteroatoms. The largest absolute Gasteiger partial charge is 0.599 e. The highest BCUT2D eigenvalue weighted by Gasteiger charge is 2.40. The van der Waals surface area contributed by atoms with Gasteiger partial charge >= 0.3 is 6.09 Å². The highest BCUT2D eigenvalue weighted by Crippen LogP contribution is 2.26. The van der Waals surface area contributed by atoms with Gasteiger partial charge in [0.25, 0.3) is 0 Å². The van der Waals surface area contributed by atoms with Crippen molar-refractivity contribution in [3.05, 3.63) is 35.4 Å². The van der Waals surface area contributed by atoms with Crippen LogP contribution in [0, 0.1) is 0 Å². The van der Waals surface area contributed by atoms with Gasteiger partial charge in [-0.1, -0.05) is 31.2 Å². The van der Waals surface area contributed by atoms with Crippen LogP contribution < -0.4 is 5.11 Å². The summed E-state index contributed by atoms with van der Waals surface area (Å²) in [5.74, 6) is 0. The average Bonchev–Trinajstić information content (AvgIpc) is 2.53. The second-order valence-electron chi connectivity index (χ2n) is 5.53. The van der Waals surface area contributed by atoms with E-state index in [1.807, 2.05) is 25.2 Å². The van der Waals surface area contributed by atoms with E-state index in [1.54, 1.807) is 13.8 Å². The standard InChI is InChI=1S/C16H23N3O4/c1-4-22-15(20)17-18(16(21)23-5-2)19(3)11-10-13-8-6-7-9-14(13)12-19/h6-9H,4-5,10-12H2,1-3H3. The number of hydrazone groups is 1. The number of carbonyl (C=O) groups excluding carboxylic acids is 1. The number of ether oxygens (including phenoxy) is 2. The first-order chi connectivity index (χ1) is 11.0. The van der Waals surface area contributed by atoms with Gasteiger partial charge in [-0.2, -0.15) is 4.59 Å². The lowest BCUT2D eigenvalue weighted by molar-refractivity contribution is -1.02. The van der Waals surface area contributed by atoms with E-state index < -0.39 is 12.2 Å². The van der Waals surface area contributed by atoms with E-state index in [1.165, 1.54) is 5.56 Å². The fraction of sp³-hybridized carbons (Fsp3) is 0.500. The average molecular weight is 321 g/mol. The van der Waals surface area contributed by atoms with Crippen molar-refractivity contribution < 1.29 is 24.0 Å². The predicted octanol–water partition coefficient (Wildman–Crippen LogP) is 1.23. The molecule has 0 aliphatic carbocycles. The molecule has 0 radical (unpaired) electrons. The highest BCUT2D eigenvalue weighted by molar-refractivity contribution is 5.69. The van der Waals surface area contributed by atoms with Gasteiger partial charge in [0.15, 0.2) is 6.08 Å². The summed E-state index contributed by atoms with van der Waals surface area (Å²) in [6, 6.07) is 8.07. The van der Waals surface area contributed by atoms with Crippen LogP contribution in [-0.4, -0.2) is 48.7 Å². The van der Waals surface area contributed by atoms with Crippen LogP contribution in [0.5, 0.6) is 0 Å². The van der Waals surface area contributed by atoms with Crippen molar-refractivity contribution >= 4 is 12.2 Å². The third-order valence-corrected chi connectivity index (χ3v) is 3.82. The monoisotopic (exact) mass is 321 g/mol. The van der Waals surface area contributed by atoms with E-state index >= 15 is 0 Å². The van der Waals surface area contributed by atoms with E-state index in [4.69, 9.17) is 9.47 Å². The third-order valence-electron chi connectivity index (χ3n) is 3.82. The van der Waals surface area contributed by atoms with E-state index in [2.05, 4.69) is 11.2 Å². The Morgan fingerprint density at radius 3 is 2.57 bits per heavy atom.